The second-order valence-corrected chi connectivity index (χ2v) is 7.68. The number of nitrogens with zero attached hydrogens (tertiary/aromatic N) is 1. The fourth-order valence-corrected chi connectivity index (χ4v) is 3.69. The van der Waals surface area contributed by atoms with Gasteiger partial charge >= 0.3 is 5.97 Å². The van der Waals surface area contributed by atoms with Crippen LogP contribution in [0.4, 0.5) is 10.5 Å². The Morgan fingerprint density at radius 1 is 1.10 bits per heavy atom. The second-order valence-electron chi connectivity index (χ2n) is 6.69. The smallest absolute Gasteiger partial charge is 0.306 e. The summed E-state index contributed by atoms with van der Waals surface area (Å²) in [5.74, 6) is -0.527. The highest BCUT2D eigenvalue weighted by Crippen LogP contribution is 2.37. The highest BCUT2D eigenvalue weighted by atomic mass is 32.2. The number of benzene rings is 2. The monoisotopic (exact) mass is 427 g/mol. The largest absolute Gasteiger partial charge is 0.493 e. The Bertz CT molecular complexity index is 1050. The van der Waals surface area contributed by atoms with Crippen LogP contribution in [0.5, 0.6) is 11.5 Å². The number of ether oxygens (including phenoxy) is 2. The molecule has 30 heavy (non-hydrogen) atoms. The van der Waals surface area contributed by atoms with Crippen molar-refractivity contribution in [2.24, 2.45) is 0 Å². The molecule has 0 saturated carbocycles. The van der Waals surface area contributed by atoms with Crippen LogP contribution in [0.25, 0.3) is 6.08 Å². The first-order valence-corrected chi connectivity index (χ1v) is 9.99. The normalized spacial score (nSPS) is 15.0. The molecule has 2 aromatic rings. The molecule has 156 valence electrons. The van der Waals surface area contributed by atoms with Crippen LogP contribution in [0.3, 0.4) is 0 Å². The lowest BCUT2D eigenvalue weighted by Gasteiger charge is -2.14. The van der Waals surface area contributed by atoms with Crippen LogP contribution < -0.4 is 14.4 Å². The fraction of sp³-hybridized carbons (Fsp3) is 0.227. The standard InChI is InChI=1S/C22H21NO6S/c1-13-4-6-16(10-14(13)2)23-21(26)19(30-22(23)27)12-15-5-7-17(18(11-15)28-3)29-9-8-20(24)25/h4-7,10-12H,8-9H2,1-3H3,(H,24,25)/b19-12+. The maximum Gasteiger partial charge on any atom is 0.306 e. The average molecular weight is 427 g/mol. The number of rotatable bonds is 7. The molecule has 3 rings (SSSR count). The van der Waals surface area contributed by atoms with E-state index in [-0.39, 0.29) is 24.2 Å². The van der Waals surface area contributed by atoms with Crippen LogP contribution in [0.1, 0.15) is 23.1 Å². The summed E-state index contributed by atoms with van der Waals surface area (Å²) in [6, 6.07) is 10.5. The van der Waals surface area contributed by atoms with Crippen molar-refractivity contribution in [2.45, 2.75) is 20.3 Å². The van der Waals surface area contributed by atoms with Crippen molar-refractivity contribution < 1.29 is 29.0 Å². The van der Waals surface area contributed by atoms with Crippen molar-refractivity contribution in [3.05, 3.63) is 58.0 Å². The summed E-state index contributed by atoms with van der Waals surface area (Å²) in [6.07, 6.45) is 1.49. The molecule has 0 spiro atoms. The van der Waals surface area contributed by atoms with Crippen LogP contribution in [0, 0.1) is 13.8 Å². The number of carbonyl (C=O) groups is 3. The maximum absolute atomic E-state index is 12.8. The van der Waals surface area contributed by atoms with Crippen LogP contribution in [0.15, 0.2) is 41.3 Å². The van der Waals surface area contributed by atoms with Crippen LogP contribution in [0.2, 0.25) is 0 Å². The second kappa shape index (κ2) is 9.04. The van der Waals surface area contributed by atoms with Gasteiger partial charge in [0, 0.05) is 0 Å². The quantitative estimate of drug-likeness (QED) is 0.654. The maximum atomic E-state index is 12.8. The van der Waals surface area contributed by atoms with Gasteiger partial charge < -0.3 is 14.6 Å². The molecule has 0 bridgehead atoms. The molecule has 0 radical (unpaired) electrons. The van der Waals surface area contributed by atoms with Gasteiger partial charge in [-0.05, 0) is 72.6 Å². The molecule has 1 aliphatic rings. The Hall–Kier alpha value is -3.26. The molecule has 8 heteroatoms. The molecule has 0 aromatic heterocycles. The molecule has 0 aliphatic carbocycles. The van der Waals surface area contributed by atoms with Gasteiger partial charge in [-0.25, -0.2) is 4.90 Å². The van der Waals surface area contributed by atoms with Gasteiger partial charge in [-0.15, -0.1) is 0 Å². The molecule has 2 aromatic carbocycles. The Labute approximate surface area is 178 Å². The third-order valence-electron chi connectivity index (χ3n) is 4.60. The fourth-order valence-electron chi connectivity index (χ4n) is 2.85. The number of thioether (sulfide) groups is 1. The average Bonchev–Trinajstić information content (AvgIpc) is 2.98. The van der Waals surface area contributed by atoms with Gasteiger partial charge in [0.2, 0.25) is 0 Å². The third kappa shape index (κ3) is 4.65. The number of amides is 2. The van der Waals surface area contributed by atoms with Gasteiger partial charge in [0.05, 0.1) is 30.7 Å². The van der Waals surface area contributed by atoms with Gasteiger partial charge in [-0.3, -0.25) is 14.4 Å². The lowest BCUT2D eigenvalue weighted by atomic mass is 10.1. The van der Waals surface area contributed by atoms with Gasteiger partial charge in [-0.2, -0.15) is 0 Å². The van der Waals surface area contributed by atoms with E-state index in [9.17, 15) is 14.4 Å². The van der Waals surface area contributed by atoms with E-state index in [1.807, 2.05) is 26.0 Å². The minimum atomic E-state index is -0.954. The molecule has 1 saturated heterocycles. The number of hydrogen-bond donors (Lipinski definition) is 1. The highest BCUT2D eigenvalue weighted by Gasteiger charge is 2.36. The SMILES string of the molecule is COc1cc(/C=C2/SC(=O)N(c3ccc(C)c(C)c3)C2=O)ccc1OCCC(=O)O. The minimum absolute atomic E-state index is 0.0138. The van der Waals surface area contributed by atoms with Crippen molar-refractivity contribution in [3.8, 4) is 11.5 Å². The summed E-state index contributed by atoms with van der Waals surface area (Å²) in [4.78, 5) is 37.4. The summed E-state index contributed by atoms with van der Waals surface area (Å²) >= 11 is 0.877. The van der Waals surface area contributed by atoms with Crippen molar-refractivity contribution in [3.63, 3.8) is 0 Å². The lowest BCUT2D eigenvalue weighted by molar-refractivity contribution is -0.137. The van der Waals surface area contributed by atoms with E-state index in [0.29, 0.717) is 27.7 Å². The van der Waals surface area contributed by atoms with Crippen molar-refractivity contribution in [2.75, 3.05) is 18.6 Å². The number of carboxylic acids is 1. The first kappa shape index (κ1) is 21.4. The third-order valence-corrected chi connectivity index (χ3v) is 5.47. The van der Waals surface area contributed by atoms with E-state index in [2.05, 4.69) is 0 Å². The lowest BCUT2D eigenvalue weighted by Crippen LogP contribution is -2.27. The molecule has 0 unspecified atom stereocenters. The number of aliphatic carboxylic acids is 1. The highest BCUT2D eigenvalue weighted by molar-refractivity contribution is 8.19. The predicted octanol–water partition coefficient (Wildman–Crippen LogP) is 4.41. The first-order chi connectivity index (χ1) is 14.3. The number of imide groups is 1. The van der Waals surface area contributed by atoms with Gasteiger partial charge in [0.25, 0.3) is 11.1 Å². The van der Waals surface area contributed by atoms with E-state index in [1.54, 1.807) is 30.3 Å². The topological polar surface area (TPSA) is 93.1 Å². The summed E-state index contributed by atoms with van der Waals surface area (Å²) in [5, 5.41) is 8.36. The number of anilines is 1. The molecular weight excluding hydrogens is 406 g/mol. The number of aryl methyl sites for hydroxylation is 2. The summed E-state index contributed by atoms with van der Waals surface area (Å²) < 4.78 is 10.7. The van der Waals surface area contributed by atoms with Crippen molar-refractivity contribution in [1.82, 2.24) is 0 Å². The van der Waals surface area contributed by atoms with Gasteiger partial charge in [0.15, 0.2) is 11.5 Å². The van der Waals surface area contributed by atoms with E-state index >= 15 is 0 Å². The molecule has 1 aliphatic heterocycles. The number of methoxy groups -OCH3 is 1. The molecule has 1 N–H and O–H groups in total. The molecule has 1 fully saturated rings. The van der Waals surface area contributed by atoms with Crippen LogP contribution in [-0.2, 0) is 9.59 Å². The Balaban J connectivity index is 1.82. The molecule has 1 heterocycles. The van der Waals surface area contributed by atoms with E-state index in [4.69, 9.17) is 14.6 Å². The zero-order valence-electron chi connectivity index (χ0n) is 16.8. The Morgan fingerprint density at radius 2 is 1.87 bits per heavy atom. The first-order valence-electron chi connectivity index (χ1n) is 9.18. The zero-order chi connectivity index (χ0) is 21.8. The van der Waals surface area contributed by atoms with Gasteiger partial charge in [-0.1, -0.05) is 12.1 Å². The van der Waals surface area contributed by atoms with E-state index < -0.39 is 5.97 Å². The summed E-state index contributed by atoms with van der Waals surface area (Å²) in [6.45, 7) is 3.91. The van der Waals surface area contributed by atoms with Gasteiger partial charge in [0.1, 0.15) is 0 Å². The summed E-state index contributed by atoms with van der Waals surface area (Å²) in [5.41, 5.74) is 3.28. The van der Waals surface area contributed by atoms with Crippen LogP contribution >= 0.6 is 11.8 Å². The van der Waals surface area contributed by atoms with E-state index in [0.717, 1.165) is 22.9 Å². The van der Waals surface area contributed by atoms with Crippen molar-refractivity contribution in [1.29, 1.82) is 0 Å². The zero-order valence-corrected chi connectivity index (χ0v) is 17.6. The van der Waals surface area contributed by atoms with Crippen molar-refractivity contribution >= 4 is 40.6 Å². The van der Waals surface area contributed by atoms with E-state index in [1.165, 1.54) is 12.0 Å². The predicted molar refractivity (Wildman–Crippen MR) is 115 cm³/mol. The Morgan fingerprint density at radius 3 is 2.53 bits per heavy atom. The number of carboxylic acid groups (broad SMARTS) is 1. The molecule has 7 nitrogen and oxygen atoms in total. The minimum Gasteiger partial charge on any atom is -0.493 e. The number of hydrogen-bond acceptors (Lipinski definition) is 6. The molecular formula is C22H21NO6S. The molecule has 2 amide bonds. The van der Waals surface area contributed by atoms with Crippen LogP contribution in [-0.4, -0.2) is 35.9 Å². The molecule has 0 atom stereocenters. The summed E-state index contributed by atoms with van der Waals surface area (Å²) in [7, 11) is 1.47. The number of carbonyl (C=O) groups excluding carboxylic acids is 2. The Kier molecular flexibility index (Phi) is 6.47.